The summed E-state index contributed by atoms with van der Waals surface area (Å²) in [7, 11) is 0. The van der Waals surface area contributed by atoms with Crippen LogP contribution in [0.3, 0.4) is 0 Å². The van der Waals surface area contributed by atoms with Crippen LogP contribution in [-0.4, -0.2) is 47.7 Å². The Labute approximate surface area is 169 Å². The molecule has 4 heterocycles. The average Bonchev–Trinajstić information content (AvgIpc) is 3.10. The number of amidine groups is 1. The largest absolute Gasteiger partial charge is 0.490 e. The molecule has 29 heavy (non-hydrogen) atoms. The number of halogens is 1. The highest BCUT2D eigenvalue weighted by Gasteiger charge is 2.55. The van der Waals surface area contributed by atoms with Gasteiger partial charge in [-0.05, 0) is 50.1 Å². The lowest BCUT2D eigenvalue weighted by Crippen LogP contribution is -2.58. The van der Waals surface area contributed by atoms with Gasteiger partial charge in [-0.1, -0.05) is 6.07 Å². The first-order chi connectivity index (χ1) is 14.0. The van der Waals surface area contributed by atoms with Crippen LogP contribution >= 0.6 is 0 Å². The summed E-state index contributed by atoms with van der Waals surface area (Å²) in [5.41, 5.74) is 7.48. The highest BCUT2D eigenvalue weighted by molar-refractivity contribution is 5.75. The highest BCUT2D eigenvalue weighted by atomic mass is 19.1. The molecule has 1 aromatic carbocycles. The van der Waals surface area contributed by atoms with Crippen molar-refractivity contribution in [2.45, 2.75) is 38.0 Å². The number of nitrogens with two attached hydrogens (primary N) is 1. The van der Waals surface area contributed by atoms with Crippen molar-refractivity contribution in [3.8, 4) is 16.9 Å². The maximum Gasteiger partial charge on any atom is 0.283 e. The summed E-state index contributed by atoms with van der Waals surface area (Å²) >= 11 is 0. The van der Waals surface area contributed by atoms with E-state index in [-0.39, 0.29) is 18.0 Å². The van der Waals surface area contributed by atoms with Gasteiger partial charge in [-0.3, -0.25) is 0 Å². The Hall–Kier alpha value is -2.67. The molecule has 3 unspecified atom stereocenters. The van der Waals surface area contributed by atoms with Crippen LogP contribution in [-0.2, 0) is 10.3 Å². The number of pyridine rings is 1. The van der Waals surface area contributed by atoms with E-state index in [4.69, 9.17) is 20.2 Å². The molecule has 3 atom stereocenters. The van der Waals surface area contributed by atoms with Crippen LogP contribution in [0.25, 0.3) is 11.1 Å². The zero-order chi connectivity index (χ0) is 20.2. The van der Waals surface area contributed by atoms with Crippen molar-refractivity contribution in [3.63, 3.8) is 0 Å². The van der Waals surface area contributed by atoms with Crippen molar-refractivity contribution in [2.75, 3.05) is 19.7 Å². The molecule has 0 amide bonds. The Balaban J connectivity index is 1.64. The van der Waals surface area contributed by atoms with Crippen molar-refractivity contribution >= 4 is 6.02 Å². The SMILES string of the molecule is CC(C)N1CCC2Oc3ccc(-c4cccnc4F)cc3C3(COC(N)=N3)C2C1. The van der Waals surface area contributed by atoms with Crippen molar-refractivity contribution in [1.82, 2.24) is 9.88 Å². The maximum absolute atomic E-state index is 14.3. The van der Waals surface area contributed by atoms with E-state index in [0.29, 0.717) is 18.2 Å². The van der Waals surface area contributed by atoms with Gasteiger partial charge in [-0.15, -0.1) is 0 Å². The normalized spacial score (nSPS) is 28.5. The number of hydrogen-bond acceptors (Lipinski definition) is 6. The average molecular weight is 396 g/mol. The van der Waals surface area contributed by atoms with E-state index in [1.54, 1.807) is 12.1 Å². The molecule has 0 aliphatic carbocycles. The molecule has 152 valence electrons. The number of likely N-dealkylation sites (tertiary alicyclic amines) is 1. The molecule has 6 nitrogen and oxygen atoms in total. The molecule has 1 fully saturated rings. The third-order valence-electron chi connectivity index (χ3n) is 6.47. The van der Waals surface area contributed by atoms with Crippen molar-refractivity contribution in [1.29, 1.82) is 0 Å². The van der Waals surface area contributed by atoms with Crippen molar-refractivity contribution < 1.29 is 13.9 Å². The summed E-state index contributed by atoms with van der Waals surface area (Å²) in [5, 5.41) is 0. The molecule has 2 aromatic rings. The van der Waals surface area contributed by atoms with Crippen LogP contribution < -0.4 is 10.5 Å². The number of fused-ring (bicyclic) bond motifs is 4. The van der Waals surface area contributed by atoms with Crippen LogP contribution in [0.2, 0.25) is 0 Å². The lowest BCUT2D eigenvalue weighted by Gasteiger charge is -2.49. The molecule has 0 radical (unpaired) electrons. The lowest BCUT2D eigenvalue weighted by molar-refractivity contribution is -0.0313. The molecule has 0 saturated carbocycles. The second-order valence-corrected chi connectivity index (χ2v) is 8.36. The Bertz CT molecular complexity index is 979. The van der Waals surface area contributed by atoms with E-state index in [1.165, 1.54) is 6.20 Å². The number of piperidine rings is 1. The zero-order valence-electron chi connectivity index (χ0n) is 16.6. The number of aliphatic imine (C=N–C) groups is 1. The van der Waals surface area contributed by atoms with Gasteiger partial charge in [0.25, 0.3) is 6.02 Å². The Morgan fingerprint density at radius 3 is 2.90 bits per heavy atom. The predicted molar refractivity (Wildman–Crippen MR) is 108 cm³/mol. The van der Waals surface area contributed by atoms with Crippen molar-refractivity contribution in [2.24, 2.45) is 16.6 Å². The number of rotatable bonds is 2. The number of nitrogens with zero attached hydrogens (tertiary/aromatic N) is 3. The minimum Gasteiger partial charge on any atom is -0.490 e. The lowest BCUT2D eigenvalue weighted by atomic mass is 9.71. The summed E-state index contributed by atoms with van der Waals surface area (Å²) in [6, 6.07) is 9.85. The highest BCUT2D eigenvalue weighted by Crippen LogP contribution is 2.51. The van der Waals surface area contributed by atoms with Crippen LogP contribution in [0.4, 0.5) is 4.39 Å². The van der Waals surface area contributed by atoms with Crippen LogP contribution in [0.1, 0.15) is 25.8 Å². The second kappa shape index (κ2) is 6.69. The van der Waals surface area contributed by atoms with Crippen LogP contribution in [0.5, 0.6) is 5.75 Å². The van der Waals surface area contributed by atoms with Gasteiger partial charge in [0.1, 0.15) is 24.0 Å². The van der Waals surface area contributed by atoms with Gasteiger partial charge in [0.05, 0.1) is 0 Å². The zero-order valence-corrected chi connectivity index (χ0v) is 16.6. The first kappa shape index (κ1) is 18.4. The van der Waals surface area contributed by atoms with Gasteiger partial charge < -0.3 is 20.1 Å². The van der Waals surface area contributed by atoms with Gasteiger partial charge >= 0.3 is 0 Å². The predicted octanol–water partition coefficient (Wildman–Crippen LogP) is 2.92. The third-order valence-corrected chi connectivity index (χ3v) is 6.47. The minimum absolute atomic E-state index is 0.0525. The fourth-order valence-corrected chi connectivity index (χ4v) is 4.90. The fraction of sp³-hybridized carbons (Fsp3) is 0.455. The van der Waals surface area contributed by atoms with E-state index in [0.717, 1.165) is 36.4 Å². The summed E-state index contributed by atoms with van der Waals surface area (Å²) in [5.74, 6) is 0.394. The van der Waals surface area contributed by atoms with E-state index < -0.39 is 11.5 Å². The van der Waals surface area contributed by atoms with E-state index >= 15 is 0 Å². The number of ether oxygens (including phenoxy) is 2. The molecule has 3 aliphatic rings. The van der Waals surface area contributed by atoms with Gasteiger partial charge in [0.2, 0.25) is 5.95 Å². The second-order valence-electron chi connectivity index (χ2n) is 8.36. The van der Waals surface area contributed by atoms with E-state index in [2.05, 4.69) is 23.7 Å². The molecule has 5 rings (SSSR count). The minimum atomic E-state index is -0.620. The van der Waals surface area contributed by atoms with Gasteiger partial charge in [0, 0.05) is 42.4 Å². The monoisotopic (exact) mass is 396 g/mol. The molecule has 1 aromatic heterocycles. The topological polar surface area (TPSA) is 73.0 Å². The van der Waals surface area contributed by atoms with E-state index in [1.807, 2.05) is 18.2 Å². The van der Waals surface area contributed by atoms with Gasteiger partial charge in [-0.25, -0.2) is 9.98 Å². The van der Waals surface area contributed by atoms with Gasteiger partial charge in [0.15, 0.2) is 0 Å². The number of hydrogen-bond donors (Lipinski definition) is 1. The van der Waals surface area contributed by atoms with E-state index in [9.17, 15) is 4.39 Å². The van der Waals surface area contributed by atoms with Crippen LogP contribution in [0.15, 0.2) is 41.5 Å². The number of aromatic nitrogens is 1. The Morgan fingerprint density at radius 2 is 2.17 bits per heavy atom. The van der Waals surface area contributed by atoms with Gasteiger partial charge in [-0.2, -0.15) is 4.39 Å². The molecule has 0 bridgehead atoms. The summed E-state index contributed by atoms with van der Waals surface area (Å²) in [4.78, 5) is 11.0. The molecular weight excluding hydrogens is 371 g/mol. The molecule has 1 saturated heterocycles. The quantitative estimate of drug-likeness (QED) is 0.791. The standard InChI is InChI=1S/C22H25FN4O2/c1-13(2)27-9-7-19-17(11-27)22(12-28-21(24)26-22)16-10-14(5-6-18(16)29-19)15-4-3-8-25-20(15)23/h3-6,8,10,13,17,19H,7,9,11-12H2,1-2H3,(H2,24,26). The first-order valence-corrected chi connectivity index (χ1v) is 10.1. The smallest absolute Gasteiger partial charge is 0.283 e. The Kier molecular flexibility index (Phi) is 4.24. The molecular formula is C22H25FN4O2. The molecule has 2 N–H and O–H groups in total. The first-order valence-electron chi connectivity index (χ1n) is 10.1. The summed E-state index contributed by atoms with van der Waals surface area (Å²) < 4.78 is 26.4. The molecule has 1 spiro atoms. The molecule has 3 aliphatic heterocycles. The summed E-state index contributed by atoms with van der Waals surface area (Å²) in [6.07, 6.45) is 2.43. The summed E-state index contributed by atoms with van der Waals surface area (Å²) in [6.45, 7) is 6.63. The van der Waals surface area contributed by atoms with Crippen LogP contribution in [0, 0.1) is 11.9 Å². The maximum atomic E-state index is 14.3. The Morgan fingerprint density at radius 1 is 1.31 bits per heavy atom. The third kappa shape index (κ3) is 2.87. The van der Waals surface area contributed by atoms with Crippen molar-refractivity contribution in [3.05, 3.63) is 48.0 Å². The fourth-order valence-electron chi connectivity index (χ4n) is 4.90. The molecule has 7 heteroatoms. The number of benzene rings is 1.